The van der Waals surface area contributed by atoms with E-state index in [4.69, 9.17) is 30.6 Å². The Morgan fingerprint density at radius 2 is 1.96 bits per heavy atom. The monoisotopic (exact) mass is 776 g/mol. The Balaban J connectivity index is 0.000000406. The number of likely N-dealkylation sites (tertiary alicyclic amines) is 1. The van der Waals surface area contributed by atoms with Crippen LogP contribution >= 0.6 is 12.9 Å². The lowest BCUT2D eigenvalue weighted by Crippen LogP contribution is -2.49. The second-order valence-corrected chi connectivity index (χ2v) is 15.9. The number of fused-ring (bicyclic) bond motifs is 1. The van der Waals surface area contributed by atoms with E-state index in [1.165, 1.54) is 12.1 Å². The highest BCUT2D eigenvalue weighted by Gasteiger charge is 2.38. The summed E-state index contributed by atoms with van der Waals surface area (Å²) in [5, 5.41) is 20.0. The van der Waals surface area contributed by atoms with Crippen molar-refractivity contribution in [1.82, 2.24) is 19.8 Å². The minimum atomic E-state index is -0.583. The number of hydrogen-bond donors (Lipinski definition) is 4. The summed E-state index contributed by atoms with van der Waals surface area (Å²) in [6.07, 6.45) is 2.50. The van der Waals surface area contributed by atoms with Gasteiger partial charge in [-0.05, 0) is 107 Å². The van der Waals surface area contributed by atoms with E-state index in [0.29, 0.717) is 38.3 Å². The number of aromatic nitrogens is 2. The molecule has 2 aliphatic rings. The predicted molar refractivity (Wildman–Crippen MR) is 207 cm³/mol. The van der Waals surface area contributed by atoms with Crippen LogP contribution in [0.4, 0.5) is 8.92 Å². The number of nitrogens with one attached hydrogen (secondary N) is 1. The van der Waals surface area contributed by atoms with Gasteiger partial charge in [0.1, 0.15) is 17.7 Å². The Morgan fingerprint density at radius 3 is 2.50 bits per heavy atom. The molecular formula is C39H58F2N6O6S. The molecule has 3 heterocycles. The molecule has 12 nitrogen and oxygen atoms in total. The van der Waals surface area contributed by atoms with Crippen LogP contribution in [-0.4, -0.2) is 88.3 Å². The van der Waals surface area contributed by atoms with Crippen molar-refractivity contribution in [2.24, 2.45) is 11.1 Å². The number of imidazole rings is 1. The van der Waals surface area contributed by atoms with Crippen LogP contribution in [0.5, 0.6) is 0 Å². The van der Waals surface area contributed by atoms with Crippen molar-refractivity contribution in [2.75, 3.05) is 39.5 Å². The lowest BCUT2D eigenvalue weighted by molar-refractivity contribution is -0.228. The van der Waals surface area contributed by atoms with Crippen LogP contribution in [0.2, 0.25) is 0 Å². The van der Waals surface area contributed by atoms with Gasteiger partial charge in [-0.3, -0.25) is 9.69 Å². The maximum atomic E-state index is 13.3. The summed E-state index contributed by atoms with van der Waals surface area (Å²) in [6.45, 7) is 18.3. The molecule has 2 aromatic carbocycles. The number of rotatable bonds is 14. The zero-order valence-corrected chi connectivity index (χ0v) is 33.6. The third-order valence-electron chi connectivity index (χ3n) is 9.52. The fourth-order valence-corrected chi connectivity index (χ4v) is 5.81. The Morgan fingerprint density at radius 1 is 1.24 bits per heavy atom. The summed E-state index contributed by atoms with van der Waals surface area (Å²) in [4.78, 5) is 24.7. The average molecular weight is 777 g/mol. The molecule has 54 heavy (non-hydrogen) atoms. The number of benzene rings is 2. The molecule has 2 atom stereocenters. The van der Waals surface area contributed by atoms with Crippen molar-refractivity contribution in [3.8, 4) is 6.07 Å². The van der Waals surface area contributed by atoms with E-state index in [2.05, 4.69) is 36.8 Å². The van der Waals surface area contributed by atoms with Crippen LogP contribution in [0.3, 0.4) is 0 Å². The molecule has 0 radical (unpaired) electrons. The Hall–Kier alpha value is -3.20. The van der Waals surface area contributed by atoms with Crippen LogP contribution in [0.15, 0.2) is 36.4 Å². The zero-order chi connectivity index (χ0) is 40.1. The minimum absolute atomic E-state index is 0.118. The number of carbonyl (C=O) groups is 1. The van der Waals surface area contributed by atoms with E-state index in [9.17, 15) is 13.7 Å². The maximum absolute atomic E-state index is 13.3. The number of aliphatic hydroxyl groups excluding tert-OH is 1. The number of aliphatic hydroxyl groups is 1. The van der Waals surface area contributed by atoms with Gasteiger partial charge in [0.2, 0.25) is 0 Å². The highest BCUT2D eigenvalue weighted by molar-refractivity contribution is 7.75. The molecule has 2 aliphatic heterocycles. The molecule has 3 aromatic rings. The van der Waals surface area contributed by atoms with Gasteiger partial charge >= 0.3 is 0 Å². The Kier molecular flexibility index (Phi) is 17.3. The summed E-state index contributed by atoms with van der Waals surface area (Å²) in [5.41, 5.74) is 7.24. The Labute approximate surface area is 323 Å². The van der Waals surface area contributed by atoms with Crippen molar-refractivity contribution in [3.05, 3.63) is 64.7 Å². The molecule has 2 unspecified atom stereocenters. The summed E-state index contributed by atoms with van der Waals surface area (Å²) in [6, 6.07) is 11.3. The first-order valence-corrected chi connectivity index (χ1v) is 18.7. The number of nitrogens with two attached hydrogens (primary N) is 1. The van der Waals surface area contributed by atoms with E-state index < -0.39 is 23.1 Å². The standard InChI is InChI=1S/C28H44FN5O4.C8H6FNO.C3H8OS/c1-26(2)10-11-33(15-23(26)38-29)16-24-31-21-8-7-19(13-22(21)34(24)14-20-9-12-36-20)25(35)32-27(3,4)18-37-28(5,6)17-30;9-8-3-6(4-10)1-2-7(8)5-11;1-2-3-4-5/h7-8,13,20,23H,9-12,14-18,30H2,1-6H3,(H,32,35);1-3,11H,5H2;5H,2-3H2,1H3. The van der Waals surface area contributed by atoms with Gasteiger partial charge in [-0.2, -0.15) is 10.2 Å². The largest absolute Gasteiger partial charge is 0.392 e. The minimum Gasteiger partial charge on any atom is -0.392 e. The highest BCUT2D eigenvalue weighted by Crippen LogP contribution is 2.34. The molecule has 1 aromatic heterocycles. The van der Waals surface area contributed by atoms with Gasteiger partial charge in [-0.25, -0.2) is 9.37 Å². The van der Waals surface area contributed by atoms with Crippen molar-refractivity contribution < 1.29 is 37.4 Å². The normalized spacial score (nSPS) is 18.4. The first-order valence-electron chi connectivity index (χ1n) is 18.3. The summed E-state index contributed by atoms with van der Waals surface area (Å²) in [7, 11) is 0. The van der Waals surface area contributed by atoms with E-state index in [0.717, 1.165) is 61.9 Å². The molecule has 4 N–H and O–H groups in total. The van der Waals surface area contributed by atoms with E-state index in [1.807, 2.05) is 60.6 Å². The third kappa shape index (κ3) is 13.2. The fourth-order valence-electron chi connectivity index (χ4n) is 5.63. The number of piperidine rings is 1. The third-order valence-corrected chi connectivity index (χ3v) is 9.71. The number of carbonyl (C=O) groups excluding carboxylic acids is 1. The molecule has 0 saturated carbocycles. The van der Waals surface area contributed by atoms with Gasteiger partial charge in [-0.1, -0.05) is 26.8 Å². The quantitative estimate of drug-likeness (QED) is 0.113. The number of nitriles is 1. The van der Waals surface area contributed by atoms with E-state index >= 15 is 0 Å². The zero-order valence-electron chi connectivity index (χ0n) is 32.7. The number of hydrogen-bond acceptors (Lipinski definition) is 11. The SMILES string of the molecule is CC(C)(COC(C)(C)CN)NC(=O)c1ccc2nc(CN3CCC(C)(C)C(OF)C3)n(CC3CCO3)c2c1.CCCOS.N#Cc1ccc(CO)c(F)c1. The van der Waals surface area contributed by atoms with Crippen LogP contribution in [0.25, 0.3) is 11.0 Å². The second kappa shape index (κ2) is 20.6. The molecule has 0 bridgehead atoms. The lowest BCUT2D eigenvalue weighted by atomic mass is 9.80. The maximum Gasteiger partial charge on any atom is 0.251 e. The smallest absolute Gasteiger partial charge is 0.251 e. The second-order valence-electron chi connectivity index (χ2n) is 15.7. The van der Waals surface area contributed by atoms with Crippen LogP contribution in [0.1, 0.15) is 95.0 Å². The lowest BCUT2D eigenvalue weighted by Gasteiger charge is -2.41. The van der Waals surface area contributed by atoms with Crippen molar-refractivity contribution >= 4 is 29.9 Å². The number of halogens is 2. The molecule has 2 saturated heterocycles. The molecule has 300 valence electrons. The topological polar surface area (TPSA) is 157 Å². The first-order chi connectivity index (χ1) is 25.5. The number of thiol groups is 1. The van der Waals surface area contributed by atoms with Crippen LogP contribution in [-0.2, 0) is 38.3 Å². The molecule has 1 amide bonds. The van der Waals surface area contributed by atoms with Crippen LogP contribution in [0, 0.1) is 22.6 Å². The molecule has 15 heteroatoms. The molecule has 0 spiro atoms. The summed E-state index contributed by atoms with van der Waals surface area (Å²) >= 11 is 3.50. The molecule has 0 aliphatic carbocycles. The van der Waals surface area contributed by atoms with Crippen molar-refractivity contribution in [1.29, 1.82) is 5.26 Å². The van der Waals surface area contributed by atoms with Gasteiger partial charge < -0.3 is 34.4 Å². The van der Waals surface area contributed by atoms with Crippen molar-refractivity contribution in [3.63, 3.8) is 0 Å². The van der Waals surface area contributed by atoms with Crippen molar-refractivity contribution in [2.45, 2.75) is 111 Å². The molecular weight excluding hydrogens is 719 g/mol. The molecule has 5 rings (SSSR count). The number of ether oxygens (including phenoxy) is 2. The van der Waals surface area contributed by atoms with Gasteiger partial charge in [0.15, 0.2) is 0 Å². The van der Waals surface area contributed by atoms with Gasteiger partial charge in [-0.15, -0.1) is 0 Å². The predicted octanol–water partition coefficient (Wildman–Crippen LogP) is 6.04. The Bertz CT molecular complexity index is 1690. The highest BCUT2D eigenvalue weighted by atomic mass is 32.1. The number of nitrogens with zero attached hydrogens (tertiary/aromatic N) is 4. The number of amides is 1. The summed E-state index contributed by atoms with van der Waals surface area (Å²) in [5.74, 6) is 0.163. The van der Waals surface area contributed by atoms with Crippen LogP contribution < -0.4 is 11.1 Å². The first kappa shape index (κ1) is 45.2. The van der Waals surface area contributed by atoms with Gasteiger partial charge in [0, 0.05) is 30.8 Å². The molecule has 2 fully saturated rings. The van der Waals surface area contributed by atoms with Gasteiger partial charge in [0.05, 0.1) is 72.8 Å². The summed E-state index contributed by atoms with van der Waals surface area (Å²) < 4.78 is 44.2. The van der Waals surface area contributed by atoms with Gasteiger partial charge in [0.25, 0.3) is 5.91 Å². The van der Waals surface area contributed by atoms with E-state index in [1.54, 1.807) is 12.1 Å². The fraction of sp³-hybridized carbons (Fsp3) is 0.615. The average Bonchev–Trinajstić information content (AvgIpc) is 3.46. The van der Waals surface area contributed by atoms with E-state index in [-0.39, 0.29) is 35.2 Å².